The highest BCUT2D eigenvalue weighted by molar-refractivity contribution is 14.1. The van der Waals surface area contributed by atoms with Crippen LogP contribution < -0.4 is 16.0 Å². The second kappa shape index (κ2) is 9.66. The molecule has 0 unspecified atom stereocenters. The number of benzene rings is 2. The van der Waals surface area contributed by atoms with E-state index in [-0.39, 0.29) is 16.9 Å². The number of amides is 2. The Labute approximate surface area is 187 Å². The maximum absolute atomic E-state index is 12.3. The van der Waals surface area contributed by atoms with Crippen LogP contribution in [0.1, 0.15) is 32.0 Å². The van der Waals surface area contributed by atoms with E-state index in [1.54, 1.807) is 48.7 Å². The summed E-state index contributed by atoms with van der Waals surface area (Å²) in [6.07, 6.45) is 1.56. The molecule has 0 saturated heterocycles. The third-order valence-electron chi connectivity index (χ3n) is 4.07. The van der Waals surface area contributed by atoms with Gasteiger partial charge in [-0.2, -0.15) is 0 Å². The molecule has 0 aliphatic heterocycles. The van der Waals surface area contributed by atoms with Gasteiger partial charge in [-0.3, -0.25) is 14.9 Å². The molecule has 0 aliphatic carbocycles. The van der Waals surface area contributed by atoms with E-state index >= 15 is 0 Å². The number of rotatable bonds is 5. The van der Waals surface area contributed by atoms with Crippen molar-refractivity contribution in [2.75, 3.05) is 5.32 Å². The van der Waals surface area contributed by atoms with E-state index in [4.69, 9.17) is 16.6 Å². The molecule has 29 heavy (non-hydrogen) atoms. The van der Waals surface area contributed by atoms with E-state index in [2.05, 4.69) is 38.5 Å². The summed E-state index contributed by atoms with van der Waals surface area (Å²) in [6, 6.07) is 15.8. The molecule has 3 rings (SSSR count). The van der Waals surface area contributed by atoms with Crippen molar-refractivity contribution in [3.63, 3.8) is 0 Å². The summed E-state index contributed by atoms with van der Waals surface area (Å²) >= 11 is 7.39. The molecule has 0 saturated carbocycles. The molecule has 0 atom stereocenters. The summed E-state index contributed by atoms with van der Waals surface area (Å²) in [5.74, 6) is 0.188. The Bertz CT molecular complexity index is 1030. The Hall–Kier alpha value is -2.72. The summed E-state index contributed by atoms with van der Waals surface area (Å²) in [5, 5.41) is 8.55. The minimum atomic E-state index is -0.283. The number of carbonyl (C=O) groups excluding carboxylic acids is 2. The van der Waals surface area contributed by atoms with Crippen molar-refractivity contribution in [2.45, 2.75) is 13.5 Å². The van der Waals surface area contributed by atoms with Gasteiger partial charge in [0.15, 0.2) is 5.11 Å². The predicted octanol–water partition coefficient (Wildman–Crippen LogP) is 4.25. The molecule has 2 amide bonds. The Morgan fingerprint density at radius 1 is 1.03 bits per heavy atom. The molecule has 0 bridgehead atoms. The highest BCUT2D eigenvalue weighted by Crippen LogP contribution is 2.14. The number of aryl methyl sites for hydroxylation is 1. The first kappa shape index (κ1) is 21.0. The minimum absolute atomic E-state index is 0.181. The summed E-state index contributed by atoms with van der Waals surface area (Å²) in [4.78, 5) is 24.5. The van der Waals surface area contributed by atoms with E-state index in [1.807, 2.05) is 19.1 Å². The highest BCUT2D eigenvalue weighted by atomic mass is 127. The Morgan fingerprint density at radius 3 is 2.41 bits per heavy atom. The van der Waals surface area contributed by atoms with Crippen molar-refractivity contribution in [1.29, 1.82) is 0 Å². The lowest BCUT2D eigenvalue weighted by molar-refractivity contribution is 0.0946. The fraction of sp³-hybridized carbons (Fsp3) is 0.0952. The van der Waals surface area contributed by atoms with Gasteiger partial charge < -0.3 is 15.1 Å². The molecule has 0 radical (unpaired) electrons. The summed E-state index contributed by atoms with van der Waals surface area (Å²) < 4.78 is 6.19. The number of hydrogen-bond acceptors (Lipinski definition) is 4. The lowest BCUT2D eigenvalue weighted by Gasteiger charge is -2.11. The molecule has 3 N–H and O–H groups in total. The van der Waals surface area contributed by atoms with E-state index in [1.165, 1.54) is 0 Å². The van der Waals surface area contributed by atoms with Gasteiger partial charge in [-0.05, 0) is 95.8 Å². The molecule has 148 valence electrons. The number of hydrogen-bond donors (Lipinski definition) is 3. The van der Waals surface area contributed by atoms with Crippen LogP contribution in [0.25, 0.3) is 0 Å². The van der Waals surface area contributed by atoms with Crippen LogP contribution in [0.5, 0.6) is 0 Å². The minimum Gasteiger partial charge on any atom is -0.467 e. The first-order valence-electron chi connectivity index (χ1n) is 8.71. The second-order valence-corrected chi connectivity index (χ2v) is 7.78. The molecule has 1 aromatic heterocycles. The van der Waals surface area contributed by atoms with E-state index in [0.29, 0.717) is 29.1 Å². The molecule has 0 spiro atoms. The fourth-order valence-corrected chi connectivity index (χ4v) is 3.19. The van der Waals surface area contributed by atoms with Crippen LogP contribution in [0, 0.1) is 10.5 Å². The first-order chi connectivity index (χ1) is 13.9. The maximum atomic E-state index is 12.3. The summed E-state index contributed by atoms with van der Waals surface area (Å²) in [5.41, 5.74) is 2.81. The predicted molar refractivity (Wildman–Crippen MR) is 124 cm³/mol. The molecule has 0 aliphatic rings. The largest absolute Gasteiger partial charge is 0.467 e. The van der Waals surface area contributed by atoms with Gasteiger partial charge in [0.1, 0.15) is 5.76 Å². The van der Waals surface area contributed by atoms with Gasteiger partial charge in [0.25, 0.3) is 11.8 Å². The second-order valence-electron chi connectivity index (χ2n) is 6.21. The van der Waals surface area contributed by atoms with Gasteiger partial charge in [-0.1, -0.05) is 6.07 Å². The third kappa shape index (κ3) is 5.88. The number of anilines is 1. The zero-order valence-electron chi connectivity index (χ0n) is 15.5. The first-order valence-corrected chi connectivity index (χ1v) is 10.2. The molecule has 6 nitrogen and oxygen atoms in total. The van der Waals surface area contributed by atoms with Crippen LogP contribution in [0.4, 0.5) is 5.69 Å². The van der Waals surface area contributed by atoms with E-state index in [0.717, 1.165) is 9.13 Å². The summed E-state index contributed by atoms with van der Waals surface area (Å²) in [7, 11) is 0. The SMILES string of the molecule is Cc1ccc(C(=O)NC(=S)Nc2ccc(C(=O)NCc3ccco3)cc2)cc1I. The molecular weight excluding hydrogens is 501 g/mol. The van der Waals surface area contributed by atoms with E-state index in [9.17, 15) is 9.59 Å². The molecule has 0 fully saturated rings. The van der Waals surface area contributed by atoms with Gasteiger partial charge in [-0.25, -0.2) is 0 Å². The smallest absolute Gasteiger partial charge is 0.257 e. The Balaban J connectivity index is 1.53. The number of thiocarbonyl (C=S) groups is 1. The topological polar surface area (TPSA) is 83.4 Å². The van der Waals surface area contributed by atoms with Crippen LogP contribution in [0.15, 0.2) is 65.3 Å². The van der Waals surface area contributed by atoms with Crippen LogP contribution in [-0.4, -0.2) is 16.9 Å². The summed E-state index contributed by atoms with van der Waals surface area (Å²) in [6.45, 7) is 2.30. The Morgan fingerprint density at radius 2 is 1.76 bits per heavy atom. The number of carbonyl (C=O) groups is 2. The lowest BCUT2D eigenvalue weighted by Crippen LogP contribution is -2.34. The average molecular weight is 519 g/mol. The average Bonchev–Trinajstić information content (AvgIpc) is 3.22. The molecule has 2 aromatic carbocycles. The quantitative estimate of drug-likeness (QED) is 0.347. The van der Waals surface area contributed by atoms with Gasteiger partial charge >= 0.3 is 0 Å². The molecule has 8 heteroatoms. The third-order valence-corrected chi connectivity index (χ3v) is 5.44. The van der Waals surface area contributed by atoms with Gasteiger partial charge in [0, 0.05) is 20.4 Å². The van der Waals surface area contributed by atoms with Crippen LogP contribution in [-0.2, 0) is 6.54 Å². The normalized spacial score (nSPS) is 10.3. The van der Waals surface area contributed by atoms with Crippen molar-refractivity contribution in [3.05, 3.63) is 86.9 Å². The number of halogens is 1. The van der Waals surface area contributed by atoms with Crippen LogP contribution in [0.2, 0.25) is 0 Å². The van der Waals surface area contributed by atoms with Crippen molar-refractivity contribution >= 4 is 57.4 Å². The standard InChI is InChI=1S/C21H18IN3O3S/c1-13-4-5-15(11-18(13)22)20(27)25-21(29)24-16-8-6-14(7-9-16)19(26)23-12-17-3-2-10-28-17/h2-11H,12H2,1H3,(H,23,26)(H2,24,25,27,29). The van der Waals surface area contributed by atoms with Gasteiger partial charge in [0.05, 0.1) is 12.8 Å². The van der Waals surface area contributed by atoms with E-state index < -0.39 is 0 Å². The van der Waals surface area contributed by atoms with Gasteiger partial charge in [-0.15, -0.1) is 0 Å². The van der Waals surface area contributed by atoms with Crippen molar-refractivity contribution < 1.29 is 14.0 Å². The zero-order chi connectivity index (χ0) is 20.8. The number of nitrogens with one attached hydrogen (secondary N) is 3. The van der Waals surface area contributed by atoms with Crippen molar-refractivity contribution in [1.82, 2.24) is 10.6 Å². The van der Waals surface area contributed by atoms with Crippen LogP contribution in [0.3, 0.4) is 0 Å². The van der Waals surface area contributed by atoms with Crippen molar-refractivity contribution in [2.24, 2.45) is 0 Å². The van der Waals surface area contributed by atoms with Gasteiger partial charge in [0.2, 0.25) is 0 Å². The van der Waals surface area contributed by atoms with Crippen LogP contribution >= 0.6 is 34.8 Å². The monoisotopic (exact) mass is 519 g/mol. The fourth-order valence-electron chi connectivity index (χ4n) is 2.46. The lowest BCUT2D eigenvalue weighted by atomic mass is 10.1. The van der Waals surface area contributed by atoms with Crippen molar-refractivity contribution in [3.8, 4) is 0 Å². The zero-order valence-corrected chi connectivity index (χ0v) is 18.5. The molecule has 1 heterocycles. The highest BCUT2D eigenvalue weighted by Gasteiger charge is 2.10. The number of furan rings is 1. The maximum Gasteiger partial charge on any atom is 0.257 e. The molecular formula is C21H18IN3O3S. The Kier molecular flexibility index (Phi) is 6.99. The molecule has 3 aromatic rings.